The molecule has 0 unspecified atom stereocenters. The summed E-state index contributed by atoms with van der Waals surface area (Å²) in [6.45, 7) is 1.69. The van der Waals surface area contributed by atoms with Gasteiger partial charge in [0.25, 0.3) is 0 Å². The van der Waals surface area contributed by atoms with Gasteiger partial charge in [-0.2, -0.15) is 0 Å². The lowest BCUT2D eigenvalue weighted by Crippen LogP contribution is -2.34. The Hall–Kier alpha value is -1.76. The first-order valence-electron chi connectivity index (χ1n) is 9.74. The molecule has 1 aromatic carbocycles. The molecule has 27 heavy (non-hydrogen) atoms. The molecule has 0 aliphatic heterocycles. The van der Waals surface area contributed by atoms with E-state index in [9.17, 15) is 8.42 Å². The van der Waals surface area contributed by atoms with Crippen molar-refractivity contribution in [1.82, 2.24) is 14.6 Å². The highest BCUT2D eigenvalue weighted by Gasteiger charge is 2.21. The molecular formula is C21H29N3O2S. The molecule has 1 heterocycles. The van der Waals surface area contributed by atoms with Gasteiger partial charge in [0.2, 0.25) is 10.0 Å². The minimum Gasteiger partial charge on any atom is -0.292 e. The summed E-state index contributed by atoms with van der Waals surface area (Å²) in [5, 5.41) is 0. The van der Waals surface area contributed by atoms with Gasteiger partial charge in [-0.3, -0.25) is 9.88 Å². The lowest BCUT2D eigenvalue weighted by Gasteiger charge is -2.31. The molecule has 3 rings (SSSR count). The highest BCUT2D eigenvalue weighted by Crippen LogP contribution is 2.25. The van der Waals surface area contributed by atoms with Crippen LogP contribution in [0, 0.1) is 0 Å². The van der Waals surface area contributed by atoms with Crippen molar-refractivity contribution in [3.8, 4) is 0 Å². The smallest absolute Gasteiger partial charge is 0.240 e. The molecule has 1 aliphatic rings. The molecular weight excluding hydrogens is 358 g/mol. The summed E-state index contributed by atoms with van der Waals surface area (Å²) in [5.74, 6) is 0. The van der Waals surface area contributed by atoms with Crippen molar-refractivity contribution in [2.45, 2.75) is 62.6 Å². The normalized spacial score (nSPS) is 16.4. The molecule has 6 heteroatoms. The summed E-state index contributed by atoms with van der Waals surface area (Å²) >= 11 is 0. The number of benzene rings is 1. The molecule has 1 fully saturated rings. The Morgan fingerprint density at radius 2 is 1.67 bits per heavy atom. The van der Waals surface area contributed by atoms with Crippen molar-refractivity contribution in [3.05, 3.63) is 59.9 Å². The summed E-state index contributed by atoms with van der Waals surface area (Å²) in [6.07, 6.45) is 11.4. The third kappa shape index (κ3) is 5.61. The van der Waals surface area contributed by atoms with Gasteiger partial charge in [-0.1, -0.05) is 43.9 Å². The molecule has 0 saturated heterocycles. The van der Waals surface area contributed by atoms with E-state index in [1.165, 1.54) is 51.1 Å². The predicted molar refractivity (Wildman–Crippen MR) is 108 cm³/mol. The minimum atomic E-state index is -3.39. The van der Waals surface area contributed by atoms with E-state index in [2.05, 4.69) is 20.7 Å². The summed E-state index contributed by atoms with van der Waals surface area (Å²) in [7, 11) is -1.95. The van der Waals surface area contributed by atoms with Crippen LogP contribution in [0.1, 0.15) is 49.7 Å². The van der Waals surface area contributed by atoms with E-state index in [0.717, 1.165) is 18.7 Å². The Morgan fingerprint density at radius 3 is 2.26 bits per heavy atom. The molecule has 1 aliphatic carbocycles. The van der Waals surface area contributed by atoms with Crippen molar-refractivity contribution in [1.29, 1.82) is 0 Å². The SMILES string of the molecule is CNS(=O)(=O)c1ccc(CN(Cc2cccnc2)C2CCCCCC2)cc1. The summed E-state index contributed by atoms with van der Waals surface area (Å²) in [6, 6.07) is 11.9. The molecule has 0 bridgehead atoms. The van der Waals surface area contributed by atoms with Gasteiger partial charge < -0.3 is 0 Å². The number of aromatic nitrogens is 1. The van der Waals surface area contributed by atoms with Crippen molar-refractivity contribution in [2.75, 3.05) is 7.05 Å². The standard InChI is InChI=1S/C21H29N3O2S/c1-22-27(25,26)21-12-10-18(11-13-21)16-24(17-19-7-6-14-23-15-19)20-8-4-2-3-5-9-20/h6-7,10-15,20,22H,2-5,8-9,16-17H2,1H3. The molecule has 146 valence electrons. The number of nitrogens with zero attached hydrogens (tertiary/aromatic N) is 2. The second-order valence-corrected chi connectivity index (χ2v) is 9.15. The second-order valence-electron chi connectivity index (χ2n) is 7.26. The first-order chi connectivity index (χ1) is 13.1. The lowest BCUT2D eigenvalue weighted by atomic mass is 10.0. The van der Waals surface area contributed by atoms with Gasteiger partial charge in [0.15, 0.2) is 0 Å². The van der Waals surface area contributed by atoms with E-state index in [-0.39, 0.29) is 0 Å². The largest absolute Gasteiger partial charge is 0.292 e. The number of pyridine rings is 1. The Morgan fingerprint density at radius 1 is 1.00 bits per heavy atom. The highest BCUT2D eigenvalue weighted by molar-refractivity contribution is 7.89. The quantitative estimate of drug-likeness (QED) is 0.736. The van der Waals surface area contributed by atoms with Gasteiger partial charge >= 0.3 is 0 Å². The van der Waals surface area contributed by atoms with Gasteiger partial charge in [-0.25, -0.2) is 13.1 Å². The number of hydrogen-bond donors (Lipinski definition) is 1. The van der Waals surface area contributed by atoms with Gasteiger partial charge in [-0.05, 0) is 49.2 Å². The molecule has 2 aromatic rings. The van der Waals surface area contributed by atoms with Crippen LogP contribution in [0.2, 0.25) is 0 Å². The van der Waals surface area contributed by atoms with Gasteiger partial charge in [0, 0.05) is 31.5 Å². The maximum atomic E-state index is 11.9. The van der Waals surface area contributed by atoms with E-state index in [1.54, 1.807) is 18.3 Å². The fourth-order valence-electron chi connectivity index (χ4n) is 3.79. The number of nitrogens with one attached hydrogen (secondary N) is 1. The third-order valence-electron chi connectivity index (χ3n) is 5.34. The summed E-state index contributed by atoms with van der Waals surface area (Å²) in [4.78, 5) is 7.10. The molecule has 0 spiro atoms. The van der Waals surface area contributed by atoms with E-state index in [0.29, 0.717) is 10.9 Å². The van der Waals surface area contributed by atoms with Crippen LogP contribution in [0.25, 0.3) is 0 Å². The van der Waals surface area contributed by atoms with Crippen molar-refractivity contribution < 1.29 is 8.42 Å². The lowest BCUT2D eigenvalue weighted by molar-refractivity contribution is 0.161. The Labute approximate surface area is 162 Å². The first-order valence-corrected chi connectivity index (χ1v) is 11.2. The Bertz CT molecular complexity index is 799. The molecule has 0 amide bonds. The van der Waals surface area contributed by atoms with Crippen LogP contribution in [0.3, 0.4) is 0 Å². The van der Waals surface area contributed by atoms with Crippen LogP contribution in [0.15, 0.2) is 53.7 Å². The minimum absolute atomic E-state index is 0.307. The van der Waals surface area contributed by atoms with Crippen molar-refractivity contribution in [3.63, 3.8) is 0 Å². The average molecular weight is 388 g/mol. The Kier molecular flexibility index (Phi) is 6.99. The molecule has 0 radical (unpaired) electrons. The van der Waals surface area contributed by atoms with Crippen LogP contribution in [0.4, 0.5) is 0 Å². The molecule has 1 N–H and O–H groups in total. The first kappa shape index (κ1) is 20.0. The van der Waals surface area contributed by atoms with E-state index < -0.39 is 10.0 Å². The van der Waals surface area contributed by atoms with Crippen LogP contribution < -0.4 is 4.72 Å². The van der Waals surface area contributed by atoms with Crippen LogP contribution in [0.5, 0.6) is 0 Å². The van der Waals surface area contributed by atoms with Crippen LogP contribution in [-0.2, 0) is 23.1 Å². The van der Waals surface area contributed by atoms with Gasteiger partial charge in [0.05, 0.1) is 4.90 Å². The van der Waals surface area contributed by atoms with E-state index in [4.69, 9.17) is 0 Å². The summed E-state index contributed by atoms with van der Waals surface area (Å²) in [5.41, 5.74) is 2.36. The number of sulfonamides is 1. The number of rotatable bonds is 7. The fourth-order valence-corrected chi connectivity index (χ4v) is 4.52. The predicted octanol–water partition coefficient (Wildman–Crippen LogP) is 3.71. The second kappa shape index (κ2) is 9.44. The zero-order valence-corrected chi connectivity index (χ0v) is 16.8. The third-order valence-corrected chi connectivity index (χ3v) is 6.77. The highest BCUT2D eigenvalue weighted by atomic mass is 32.2. The fraction of sp³-hybridized carbons (Fsp3) is 0.476. The Balaban J connectivity index is 1.77. The van der Waals surface area contributed by atoms with Crippen LogP contribution in [-0.4, -0.2) is 31.4 Å². The van der Waals surface area contributed by atoms with Crippen LogP contribution >= 0.6 is 0 Å². The number of hydrogen-bond acceptors (Lipinski definition) is 4. The molecule has 1 saturated carbocycles. The van der Waals surface area contributed by atoms with Gasteiger partial charge in [-0.15, -0.1) is 0 Å². The summed E-state index contributed by atoms with van der Waals surface area (Å²) < 4.78 is 26.2. The van der Waals surface area contributed by atoms with E-state index in [1.807, 2.05) is 24.4 Å². The maximum absolute atomic E-state index is 11.9. The van der Waals surface area contributed by atoms with E-state index >= 15 is 0 Å². The average Bonchev–Trinajstić information content (AvgIpc) is 2.98. The molecule has 1 aromatic heterocycles. The molecule has 5 nitrogen and oxygen atoms in total. The molecule has 0 atom stereocenters. The monoisotopic (exact) mass is 387 g/mol. The maximum Gasteiger partial charge on any atom is 0.240 e. The van der Waals surface area contributed by atoms with Crippen molar-refractivity contribution in [2.24, 2.45) is 0 Å². The zero-order chi connectivity index (χ0) is 19.1. The zero-order valence-electron chi connectivity index (χ0n) is 16.0. The topological polar surface area (TPSA) is 62.3 Å². The van der Waals surface area contributed by atoms with Gasteiger partial charge in [0.1, 0.15) is 0 Å². The van der Waals surface area contributed by atoms with Crippen molar-refractivity contribution >= 4 is 10.0 Å².